The highest BCUT2D eigenvalue weighted by atomic mass is 32.1. The molecule has 0 fully saturated rings. The summed E-state index contributed by atoms with van der Waals surface area (Å²) in [5.41, 5.74) is 3.94. The van der Waals surface area contributed by atoms with Gasteiger partial charge >= 0.3 is 0 Å². The highest BCUT2D eigenvalue weighted by Crippen LogP contribution is 2.34. The number of oxazole rings is 1. The lowest BCUT2D eigenvalue weighted by Crippen LogP contribution is -2.34. The zero-order valence-corrected chi connectivity index (χ0v) is 21.5. The second-order valence-electron chi connectivity index (χ2n) is 8.90. The van der Waals surface area contributed by atoms with Crippen LogP contribution in [0.1, 0.15) is 56.0 Å². The molecule has 0 bridgehead atoms. The number of aromatic hydroxyl groups is 1. The number of rotatable bonds is 7. The van der Waals surface area contributed by atoms with Gasteiger partial charge in [-0.05, 0) is 91.6 Å². The number of amides is 1. The number of phenols is 1. The number of phenolic OH excluding ortho intramolecular Hbond substituents is 1. The van der Waals surface area contributed by atoms with Crippen LogP contribution in [-0.4, -0.2) is 27.2 Å². The summed E-state index contributed by atoms with van der Waals surface area (Å²) in [4.78, 5) is 17.2. The summed E-state index contributed by atoms with van der Waals surface area (Å²) in [6.07, 6.45) is 0.996. The van der Waals surface area contributed by atoms with Crippen LogP contribution in [0.5, 0.6) is 11.5 Å². The minimum Gasteiger partial charge on any atom is -0.507 e. The monoisotopic (exact) mass is 503 g/mol. The molecule has 3 aromatic carbocycles. The molecular formula is C28H29N3O4S. The molecule has 7 nitrogen and oxygen atoms in total. The summed E-state index contributed by atoms with van der Waals surface area (Å²) < 4.78 is 11.6. The Balaban J connectivity index is 1.45. The van der Waals surface area contributed by atoms with E-state index in [0.717, 1.165) is 17.5 Å². The standard InChI is InChI=1S/C28H29N3O4S/c1-5-17(4)34-21-10-6-18(7-11-21)26(33)31-28(36)29-20-9-12-24(32)22(15-20)27-30-23-14-19(16(2)3)8-13-25(23)35-27/h6-17,32H,5H2,1-4H3,(H2,29,31,33,36)/t17-/m0/s1. The minimum atomic E-state index is -0.346. The number of aromatic nitrogens is 1. The molecule has 1 heterocycles. The number of nitrogens with one attached hydrogen (secondary N) is 2. The van der Waals surface area contributed by atoms with Crippen molar-refractivity contribution in [1.29, 1.82) is 0 Å². The summed E-state index contributed by atoms with van der Waals surface area (Å²) in [6.45, 7) is 8.27. The lowest BCUT2D eigenvalue weighted by atomic mass is 10.0. The molecule has 36 heavy (non-hydrogen) atoms. The van der Waals surface area contributed by atoms with Crippen molar-refractivity contribution >= 4 is 40.0 Å². The number of anilines is 1. The fourth-order valence-corrected chi connectivity index (χ4v) is 3.75. The second-order valence-corrected chi connectivity index (χ2v) is 9.31. The molecule has 3 N–H and O–H groups in total. The molecule has 0 aliphatic rings. The quantitative estimate of drug-likeness (QED) is 0.192. The molecule has 0 radical (unpaired) electrons. The van der Waals surface area contributed by atoms with Crippen LogP contribution in [0.4, 0.5) is 5.69 Å². The Kier molecular flexibility index (Phi) is 7.55. The van der Waals surface area contributed by atoms with Crippen molar-refractivity contribution in [2.45, 2.75) is 46.1 Å². The third-order valence-corrected chi connectivity index (χ3v) is 6.02. The van der Waals surface area contributed by atoms with Gasteiger partial charge in [-0.15, -0.1) is 0 Å². The van der Waals surface area contributed by atoms with E-state index in [1.807, 2.05) is 32.0 Å². The fraction of sp³-hybridized carbons (Fsp3) is 0.250. The van der Waals surface area contributed by atoms with E-state index in [0.29, 0.717) is 40.0 Å². The Morgan fingerprint density at radius 2 is 1.83 bits per heavy atom. The summed E-state index contributed by atoms with van der Waals surface area (Å²) in [5.74, 6) is 1.04. The number of ether oxygens (including phenoxy) is 1. The van der Waals surface area contributed by atoms with Crippen LogP contribution in [0.25, 0.3) is 22.6 Å². The van der Waals surface area contributed by atoms with Crippen molar-refractivity contribution in [3.63, 3.8) is 0 Å². The third-order valence-electron chi connectivity index (χ3n) is 5.82. The van der Waals surface area contributed by atoms with Gasteiger partial charge in [0.2, 0.25) is 5.89 Å². The van der Waals surface area contributed by atoms with Gasteiger partial charge in [0.1, 0.15) is 17.0 Å². The summed E-state index contributed by atoms with van der Waals surface area (Å²) in [6, 6.07) is 17.6. The van der Waals surface area contributed by atoms with E-state index < -0.39 is 0 Å². The largest absolute Gasteiger partial charge is 0.507 e. The molecule has 0 saturated heterocycles. The molecular weight excluding hydrogens is 474 g/mol. The van der Waals surface area contributed by atoms with Crippen LogP contribution in [-0.2, 0) is 0 Å². The number of carbonyl (C=O) groups is 1. The van der Waals surface area contributed by atoms with E-state index in [2.05, 4.69) is 29.5 Å². The number of nitrogens with zero attached hydrogens (tertiary/aromatic N) is 1. The maximum Gasteiger partial charge on any atom is 0.257 e. The van der Waals surface area contributed by atoms with Crippen LogP contribution in [0, 0.1) is 0 Å². The van der Waals surface area contributed by atoms with E-state index >= 15 is 0 Å². The van der Waals surface area contributed by atoms with Crippen molar-refractivity contribution in [3.8, 4) is 23.0 Å². The van der Waals surface area contributed by atoms with Gasteiger partial charge in [0, 0.05) is 11.3 Å². The Morgan fingerprint density at radius 1 is 1.08 bits per heavy atom. The van der Waals surface area contributed by atoms with E-state index in [9.17, 15) is 9.90 Å². The first-order chi connectivity index (χ1) is 17.2. The molecule has 0 spiro atoms. The Bertz CT molecular complexity index is 1400. The fourth-order valence-electron chi connectivity index (χ4n) is 3.54. The minimum absolute atomic E-state index is 0.0193. The summed E-state index contributed by atoms with van der Waals surface area (Å²) in [7, 11) is 0. The van der Waals surface area contributed by atoms with Crippen LogP contribution < -0.4 is 15.4 Å². The maximum atomic E-state index is 12.6. The molecule has 1 amide bonds. The average molecular weight is 504 g/mol. The van der Waals surface area contributed by atoms with Crippen molar-refractivity contribution in [2.75, 3.05) is 5.32 Å². The molecule has 1 atom stereocenters. The third kappa shape index (κ3) is 5.83. The normalized spacial score (nSPS) is 11.9. The summed E-state index contributed by atoms with van der Waals surface area (Å²) >= 11 is 5.33. The lowest BCUT2D eigenvalue weighted by molar-refractivity contribution is 0.0977. The Morgan fingerprint density at radius 3 is 2.53 bits per heavy atom. The van der Waals surface area contributed by atoms with E-state index in [-0.39, 0.29) is 22.9 Å². The van der Waals surface area contributed by atoms with Crippen molar-refractivity contribution in [3.05, 3.63) is 71.8 Å². The molecule has 0 unspecified atom stereocenters. The number of fused-ring (bicyclic) bond motifs is 1. The highest BCUT2D eigenvalue weighted by Gasteiger charge is 2.15. The van der Waals surface area contributed by atoms with Gasteiger partial charge in [0.05, 0.1) is 11.7 Å². The van der Waals surface area contributed by atoms with Crippen LogP contribution in [0.2, 0.25) is 0 Å². The predicted octanol–water partition coefficient (Wildman–Crippen LogP) is 6.63. The van der Waals surface area contributed by atoms with Crippen LogP contribution in [0.15, 0.2) is 65.1 Å². The zero-order chi connectivity index (χ0) is 25.8. The van der Waals surface area contributed by atoms with Crippen molar-refractivity contribution in [1.82, 2.24) is 10.3 Å². The first-order valence-electron chi connectivity index (χ1n) is 11.9. The first kappa shape index (κ1) is 25.2. The van der Waals surface area contributed by atoms with Gasteiger partial charge in [-0.2, -0.15) is 0 Å². The molecule has 0 aliphatic heterocycles. The van der Waals surface area contributed by atoms with Gasteiger partial charge in [0.15, 0.2) is 10.7 Å². The number of hydrogen-bond acceptors (Lipinski definition) is 6. The lowest BCUT2D eigenvalue weighted by Gasteiger charge is -2.13. The molecule has 186 valence electrons. The number of hydrogen-bond donors (Lipinski definition) is 3. The first-order valence-corrected chi connectivity index (χ1v) is 12.3. The van der Waals surface area contributed by atoms with Crippen molar-refractivity contribution < 1.29 is 19.1 Å². The zero-order valence-electron chi connectivity index (χ0n) is 20.7. The van der Waals surface area contributed by atoms with Gasteiger partial charge in [0.25, 0.3) is 5.91 Å². The van der Waals surface area contributed by atoms with Crippen molar-refractivity contribution in [2.24, 2.45) is 0 Å². The van der Waals surface area contributed by atoms with Crippen LogP contribution in [0.3, 0.4) is 0 Å². The number of thiocarbonyl (C=S) groups is 1. The van der Waals surface area contributed by atoms with E-state index in [1.165, 1.54) is 6.07 Å². The topological polar surface area (TPSA) is 96.6 Å². The van der Waals surface area contributed by atoms with Gasteiger partial charge < -0.3 is 19.6 Å². The maximum absolute atomic E-state index is 12.6. The van der Waals surface area contributed by atoms with Gasteiger partial charge in [-0.1, -0.05) is 26.8 Å². The average Bonchev–Trinajstić information content (AvgIpc) is 3.28. The molecule has 1 aromatic heterocycles. The van der Waals surface area contributed by atoms with Crippen LogP contribution >= 0.6 is 12.2 Å². The van der Waals surface area contributed by atoms with Gasteiger partial charge in [-0.25, -0.2) is 4.98 Å². The summed E-state index contributed by atoms with van der Waals surface area (Å²) in [5, 5.41) is 16.2. The molecule has 8 heteroatoms. The molecule has 4 aromatic rings. The van der Waals surface area contributed by atoms with Gasteiger partial charge in [-0.3, -0.25) is 10.1 Å². The van der Waals surface area contributed by atoms with E-state index in [1.54, 1.807) is 36.4 Å². The smallest absolute Gasteiger partial charge is 0.257 e. The van der Waals surface area contributed by atoms with E-state index in [4.69, 9.17) is 21.4 Å². The Hall–Kier alpha value is -3.91. The number of carbonyl (C=O) groups excluding carboxylic acids is 1. The molecule has 0 saturated carbocycles. The SMILES string of the molecule is CC[C@H](C)Oc1ccc(C(=O)NC(=S)Nc2ccc(O)c(-c3nc4cc(C(C)C)ccc4o3)c2)cc1. The molecule has 4 rings (SSSR count). The second kappa shape index (κ2) is 10.8. The Labute approximate surface area is 215 Å². The molecule has 0 aliphatic carbocycles. The predicted molar refractivity (Wildman–Crippen MR) is 146 cm³/mol. The highest BCUT2D eigenvalue weighted by molar-refractivity contribution is 7.80. The number of benzene rings is 3.